The smallest absolute Gasteiger partial charge is 0.416 e. The second-order valence-corrected chi connectivity index (χ2v) is 4.97. The molecule has 2 aromatic heterocycles. The Kier molecular flexibility index (Phi) is 4.11. The van der Waals surface area contributed by atoms with Crippen LogP contribution in [-0.4, -0.2) is 10.9 Å². The molecule has 0 aliphatic rings. The third-order valence-corrected chi connectivity index (χ3v) is 3.18. The first-order chi connectivity index (χ1) is 11.4. The summed E-state index contributed by atoms with van der Waals surface area (Å²) < 4.78 is 49.2. The van der Waals surface area contributed by atoms with Gasteiger partial charge in [-0.1, -0.05) is 0 Å². The summed E-state index contributed by atoms with van der Waals surface area (Å²) in [6.45, 7) is 0. The molecule has 24 heavy (non-hydrogen) atoms. The van der Waals surface area contributed by atoms with Gasteiger partial charge in [0.2, 0.25) is 5.91 Å². The van der Waals surface area contributed by atoms with Crippen LogP contribution in [0.2, 0.25) is 0 Å². The molecule has 2 heterocycles. The van der Waals surface area contributed by atoms with Gasteiger partial charge in [0.15, 0.2) is 12.2 Å². The summed E-state index contributed by atoms with van der Waals surface area (Å²) in [7, 11) is 0. The quantitative estimate of drug-likeness (QED) is 0.778. The number of carbonyl (C=O) groups is 1. The maximum Gasteiger partial charge on any atom is 0.416 e. The topological polar surface area (TPSA) is 68.3 Å². The summed E-state index contributed by atoms with van der Waals surface area (Å²) in [5, 5.41) is 2.43. The van der Waals surface area contributed by atoms with Gasteiger partial charge in [-0.3, -0.25) is 4.79 Å². The molecular weight excluding hydrogens is 325 g/mol. The van der Waals surface area contributed by atoms with E-state index in [2.05, 4.69) is 10.3 Å². The molecule has 0 spiro atoms. The van der Waals surface area contributed by atoms with Crippen LogP contribution in [0.5, 0.6) is 0 Å². The van der Waals surface area contributed by atoms with Crippen molar-refractivity contribution in [1.29, 1.82) is 0 Å². The van der Waals surface area contributed by atoms with Crippen LogP contribution in [0.25, 0.3) is 11.3 Å². The summed E-state index contributed by atoms with van der Waals surface area (Å²) >= 11 is 0. The minimum Gasteiger partial charge on any atom is -0.469 e. The van der Waals surface area contributed by atoms with Gasteiger partial charge in [-0.2, -0.15) is 13.2 Å². The predicted octanol–water partition coefficient (Wildman–Crippen LogP) is 4.13. The third-order valence-electron chi connectivity index (χ3n) is 3.18. The van der Waals surface area contributed by atoms with E-state index in [4.69, 9.17) is 8.83 Å². The van der Waals surface area contributed by atoms with Crippen LogP contribution in [0, 0.1) is 0 Å². The Labute approximate surface area is 134 Å². The fraction of sp³-hybridized carbons (Fsp3) is 0.125. The van der Waals surface area contributed by atoms with Gasteiger partial charge in [0.1, 0.15) is 5.76 Å². The normalized spacial score (nSPS) is 11.5. The molecule has 3 aromatic rings. The third kappa shape index (κ3) is 3.65. The number of anilines is 1. The number of aromatic nitrogens is 1. The van der Waals surface area contributed by atoms with Crippen LogP contribution in [0.3, 0.4) is 0 Å². The first kappa shape index (κ1) is 15.9. The van der Waals surface area contributed by atoms with Gasteiger partial charge >= 0.3 is 6.18 Å². The summed E-state index contributed by atoms with van der Waals surface area (Å²) in [6.07, 6.45) is -0.818. The van der Waals surface area contributed by atoms with Crippen molar-refractivity contribution < 1.29 is 26.8 Å². The average Bonchev–Trinajstić information content (AvgIpc) is 3.19. The summed E-state index contributed by atoms with van der Waals surface area (Å²) in [4.78, 5) is 15.6. The van der Waals surface area contributed by atoms with Crippen molar-refractivity contribution in [2.45, 2.75) is 12.6 Å². The van der Waals surface area contributed by atoms with Crippen LogP contribution in [0.1, 0.15) is 11.3 Å². The van der Waals surface area contributed by atoms with E-state index in [0.717, 1.165) is 18.5 Å². The van der Waals surface area contributed by atoms with E-state index in [0.29, 0.717) is 5.76 Å². The van der Waals surface area contributed by atoms with E-state index in [1.807, 2.05) is 0 Å². The van der Waals surface area contributed by atoms with Crippen molar-refractivity contribution >= 4 is 11.6 Å². The molecule has 0 fully saturated rings. The van der Waals surface area contributed by atoms with Crippen LogP contribution in [-0.2, 0) is 17.4 Å². The Balaban J connectivity index is 1.89. The molecule has 5 nitrogen and oxygen atoms in total. The van der Waals surface area contributed by atoms with Crippen LogP contribution in [0.15, 0.2) is 58.0 Å². The summed E-state index contributed by atoms with van der Waals surface area (Å²) in [5.41, 5.74) is -0.729. The Morgan fingerprint density at radius 3 is 2.67 bits per heavy atom. The van der Waals surface area contributed by atoms with Crippen LogP contribution >= 0.6 is 0 Å². The molecule has 8 heteroatoms. The lowest BCUT2D eigenvalue weighted by molar-refractivity contribution is -0.137. The van der Waals surface area contributed by atoms with Gasteiger partial charge in [-0.15, -0.1) is 0 Å². The molecule has 0 saturated heterocycles. The molecule has 124 valence electrons. The minimum absolute atomic E-state index is 0.00720. The Bertz CT molecular complexity index is 825. The molecule has 0 saturated carbocycles. The SMILES string of the molecule is O=C(Cc1ccco1)Nc1cc(-c2cnco2)cc(C(F)(F)F)c1. The van der Waals surface area contributed by atoms with Gasteiger partial charge in [-0.25, -0.2) is 4.98 Å². The second kappa shape index (κ2) is 6.23. The maximum atomic E-state index is 13.1. The van der Waals surface area contributed by atoms with E-state index in [-0.39, 0.29) is 23.4 Å². The van der Waals surface area contributed by atoms with Crippen molar-refractivity contribution in [2.24, 2.45) is 0 Å². The highest BCUT2D eigenvalue weighted by Gasteiger charge is 2.31. The minimum atomic E-state index is -4.56. The predicted molar refractivity (Wildman–Crippen MR) is 78.0 cm³/mol. The zero-order valence-corrected chi connectivity index (χ0v) is 12.1. The van der Waals surface area contributed by atoms with Crippen molar-refractivity contribution in [3.8, 4) is 11.3 Å². The van der Waals surface area contributed by atoms with E-state index in [1.165, 1.54) is 18.5 Å². The number of hydrogen-bond acceptors (Lipinski definition) is 4. The highest BCUT2D eigenvalue weighted by atomic mass is 19.4. The molecule has 0 atom stereocenters. The van der Waals surface area contributed by atoms with Crippen molar-refractivity contribution in [3.63, 3.8) is 0 Å². The largest absolute Gasteiger partial charge is 0.469 e. The molecule has 0 aliphatic heterocycles. The fourth-order valence-corrected chi connectivity index (χ4v) is 2.14. The highest BCUT2D eigenvalue weighted by Crippen LogP contribution is 2.34. The summed E-state index contributed by atoms with van der Waals surface area (Å²) in [6, 6.07) is 6.40. The average molecular weight is 336 g/mol. The van der Waals surface area contributed by atoms with Crippen molar-refractivity contribution in [1.82, 2.24) is 4.98 Å². The lowest BCUT2D eigenvalue weighted by Gasteiger charge is -2.12. The van der Waals surface area contributed by atoms with Crippen LogP contribution < -0.4 is 5.32 Å². The van der Waals surface area contributed by atoms with Gasteiger partial charge < -0.3 is 14.2 Å². The zero-order valence-electron chi connectivity index (χ0n) is 12.1. The molecule has 0 radical (unpaired) electrons. The van der Waals surface area contributed by atoms with E-state index < -0.39 is 17.6 Å². The van der Waals surface area contributed by atoms with E-state index in [9.17, 15) is 18.0 Å². The van der Waals surface area contributed by atoms with Crippen LogP contribution in [0.4, 0.5) is 18.9 Å². The number of nitrogens with one attached hydrogen (secondary N) is 1. The van der Waals surface area contributed by atoms with Gasteiger partial charge in [-0.05, 0) is 30.3 Å². The number of amides is 1. The van der Waals surface area contributed by atoms with Gasteiger partial charge in [0.25, 0.3) is 0 Å². The van der Waals surface area contributed by atoms with E-state index >= 15 is 0 Å². The number of nitrogens with zero attached hydrogens (tertiary/aromatic N) is 1. The first-order valence-electron chi connectivity index (χ1n) is 6.85. The first-order valence-corrected chi connectivity index (χ1v) is 6.85. The Hall–Kier alpha value is -3.03. The molecule has 3 rings (SSSR count). The molecule has 1 aromatic carbocycles. The monoisotopic (exact) mass is 336 g/mol. The van der Waals surface area contributed by atoms with Crippen molar-refractivity contribution in [2.75, 3.05) is 5.32 Å². The number of benzene rings is 1. The van der Waals surface area contributed by atoms with E-state index in [1.54, 1.807) is 12.1 Å². The Morgan fingerprint density at radius 2 is 2.04 bits per heavy atom. The maximum absolute atomic E-state index is 13.1. The molecule has 1 N–H and O–H groups in total. The molecule has 1 amide bonds. The number of alkyl halides is 3. The number of hydrogen-bond donors (Lipinski definition) is 1. The summed E-state index contributed by atoms with van der Waals surface area (Å²) in [5.74, 6) is 0.0883. The molecule has 0 bridgehead atoms. The number of rotatable bonds is 4. The lowest BCUT2D eigenvalue weighted by atomic mass is 10.1. The molecule has 0 unspecified atom stereocenters. The standard InChI is InChI=1S/C16H11F3N2O3/c17-16(18,19)11-4-10(14-8-20-9-24-14)5-12(6-11)21-15(22)7-13-2-1-3-23-13/h1-6,8-9H,7H2,(H,21,22). The Morgan fingerprint density at radius 1 is 1.21 bits per heavy atom. The number of carbonyl (C=O) groups excluding carboxylic acids is 1. The van der Waals surface area contributed by atoms with Gasteiger partial charge in [0, 0.05) is 11.3 Å². The van der Waals surface area contributed by atoms with Gasteiger partial charge in [0.05, 0.1) is 24.4 Å². The molecule has 0 aliphatic carbocycles. The molecular formula is C16H11F3N2O3. The number of furan rings is 1. The van der Waals surface area contributed by atoms with Crippen molar-refractivity contribution in [3.05, 3.63) is 60.5 Å². The zero-order chi connectivity index (χ0) is 17.2. The fourth-order valence-electron chi connectivity index (χ4n) is 2.14. The highest BCUT2D eigenvalue weighted by molar-refractivity contribution is 5.92. The lowest BCUT2D eigenvalue weighted by Crippen LogP contribution is -2.15. The second-order valence-electron chi connectivity index (χ2n) is 4.97. The number of oxazole rings is 1. The number of halogens is 3.